The van der Waals surface area contributed by atoms with Gasteiger partial charge in [-0.15, -0.1) is 16.0 Å². The van der Waals surface area contributed by atoms with Crippen LogP contribution in [0.4, 0.5) is 18.0 Å². The summed E-state index contributed by atoms with van der Waals surface area (Å²) in [6, 6.07) is 6.31. The third-order valence-electron chi connectivity index (χ3n) is 10.8. The molecule has 0 unspecified atom stereocenters. The Balaban J connectivity index is 0.00000771. The molecule has 0 radical (unpaired) electrons. The number of carbonyl (C=O) groups is 4. The number of carboxylic acid groups (broad SMARTS) is 1. The number of hydrogen-bond acceptors (Lipinski definition) is 15. The summed E-state index contributed by atoms with van der Waals surface area (Å²) in [7, 11) is 0. The number of ether oxygens (including phenoxy) is 4. The molecule has 3 saturated heterocycles. The first-order valence-electron chi connectivity index (χ1n) is 20.2. The molecule has 2 aromatic carbocycles. The maximum absolute atomic E-state index is 14.0. The van der Waals surface area contributed by atoms with Gasteiger partial charge < -0.3 is 65.7 Å². The van der Waals surface area contributed by atoms with Crippen molar-refractivity contribution >= 4 is 41.7 Å². The van der Waals surface area contributed by atoms with Gasteiger partial charge in [0.05, 0.1) is 62.3 Å². The summed E-state index contributed by atoms with van der Waals surface area (Å²) in [4.78, 5) is 50.1. The normalized spacial score (nSPS) is 25.7. The van der Waals surface area contributed by atoms with Crippen molar-refractivity contribution in [2.24, 2.45) is 10.2 Å². The van der Waals surface area contributed by atoms with E-state index in [1.807, 2.05) is 11.8 Å². The van der Waals surface area contributed by atoms with Crippen LogP contribution >= 0.6 is 11.8 Å². The Bertz CT molecular complexity index is 2010. The third kappa shape index (κ3) is 12.9. The SMILES string of the molecule is O=C(CCCC[C@@H]1SC[C@@H]2NC(=O)N[C@@H]21)NCCOCCOCCOc1cc(C2(C(F)(F)F)N=N2)ccc1C(=O)N[C@@H]1[C@@H](O)[C@@H](O)[C@@H](CO)O[C@H]1/C(=C\c1ccc([O-])cc1)C(=O)O.[K+]. The van der Waals surface area contributed by atoms with Crippen molar-refractivity contribution in [3.05, 3.63) is 64.7 Å². The maximum Gasteiger partial charge on any atom is 1.00 e. The number of urea groups is 1. The van der Waals surface area contributed by atoms with Crippen LogP contribution in [0.5, 0.6) is 11.5 Å². The number of amides is 4. The zero-order valence-corrected chi connectivity index (χ0v) is 38.6. The molecule has 19 nitrogen and oxygen atoms in total. The molecule has 0 saturated carbocycles. The number of thioether (sulfide) groups is 1. The molecule has 0 aromatic heterocycles. The van der Waals surface area contributed by atoms with E-state index in [1.165, 1.54) is 24.3 Å². The van der Waals surface area contributed by atoms with Crippen molar-refractivity contribution in [1.29, 1.82) is 0 Å². The average molecular weight is 949 g/mol. The van der Waals surface area contributed by atoms with E-state index in [-0.39, 0.29) is 138 Å². The fourth-order valence-corrected chi connectivity index (χ4v) is 8.97. The Hall–Kier alpha value is -3.40. The van der Waals surface area contributed by atoms with Crippen LogP contribution in [0.2, 0.25) is 0 Å². The Kier molecular flexibility index (Phi) is 18.8. The number of unbranched alkanes of at least 4 members (excludes halogenated alkanes) is 1. The predicted octanol–water partition coefficient (Wildman–Crippen LogP) is -2.05. The van der Waals surface area contributed by atoms with E-state index < -0.39 is 71.9 Å². The summed E-state index contributed by atoms with van der Waals surface area (Å²) >= 11 is 1.82. The molecule has 4 aliphatic heterocycles. The maximum atomic E-state index is 14.0. The minimum atomic E-state index is -4.92. The molecule has 0 spiro atoms. The number of aliphatic hydroxyl groups is 3. The molecular weight excluding hydrogens is 901 g/mol. The van der Waals surface area contributed by atoms with Crippen LogP contribution < -0.4 is 82.5 Å². The number of benzene rings is 2. The average Bonchev–Trinajstić information content (AvgIpc) is 3.89. The molecule has 3 fully saturated rings. The standard InChI is InChI=1S/C40H49F3N6O13S.K/c41-40(42,43)39(48-49-39)22-7-10-24(36(55)46-32-34(54)33(53)28(19-50)62-35(32)25(37(56)57)17-21-5-8-23(51)9-6-21)27(18-22)61-16-15-60-14-13-59-12-11-44-30(52)4-2-1-3-29-31-26(20-63-29)45-38(58)47-31;/h5-10,17-18,26,28-29,31-35,50-51,53-54H,1-4,11-16,19-20H2,(H,44,52)(H,46,55)(H,56,57)(H2,45,47,58);/q;+1/p-1/b25-17+;/t26-,28+,29-,31-,32+,33-,34+,35-;/m0./s1. The largest absolute Gasteiger partial charge is 1.00 e. The predicted molar refractivity (Wildman–Crippen MR) is 214 cm³/mol. The van der Waals surface area contributed by atoms with E-state index in [9.17, 15) is 57.9 Å². The Labute approximate surface area is 411 Å². The fourth-order valence-electron chi connectivity index (χ4n) is 7.43. The van der Waals surface area contributed by atoms with Gasteiger partial charge in [-0.05, 0) is 36.6 Å². The molecule has 8 N–H and O–H groups in total. The number of carbonyl (C=O) groups excluding carboxylic acids is 3. The first kappa shape index (κ1) is 51.6. The van der Waals surface area contributed by atoms with Gasteiger partial charge in [0.1, 0.15) is 36.8 Å². The van der Waals surface area contributed by atoms with Crippen LogP contribution in [0.3, 0.4) is 0 Å². The second-order valence-corrected chi connectivity index (χ2v) is 16.4. The summed E-state index contributed by atoms with van der Waals surface area (Å²) in [5, 5.41) is 71.2. The number of aliphatic carboxylic acids is 1. The number of fused-ring (bicyclic) bond motifs is 1. The van der Waals surface area contributed by atoms with E-state index in [1.54, 1.807) is 0 Å². The van der Waals surface area contributed by atoms with E-state index in [0.717, 1.165) is 42.9 Å². The number of carboxylic acids is 1. The van der Waals surface area contributed by atoms with E-state index in [4.69, 9.17) is 18.9 Å². The Morgan fingerprint density at radius 2 is 1.70 bits per heavy atom. The number of alkyl halides is 3. The first-order chi connectivity index (χ1) is 30.1. The molecule has 0 aliphatic carbocycles. The molecule has 24 heteroatoms. The summed E-state index contributed by atoms with van der Waals surface area (Å²) in [5.41, 5.74) is -4.02. The van der Waals surface area contributed by atoms with Gasteiger partial charge >= 0.3 is 75.2 Å². The van der Waals surface area contributed by atoms with E-state index >= 15 is 0 Å². The van der Waals surface area contributed by atoms with Gasteiger partial charge in [0.25, 0.3) is 5.91 Å². The van der Waals surface area contributed by atoms with Crippen LogP contribution in [0.15, 0.2) is 58.3 Å². The topological polar surface area (TPSA) is 282 Å². The Morgan fingerprint density at radius 3 is 2.38 bits per heavy atom. The second-order valence-electron chi connectivity index (χ2n) is 15.1. The van der Waals surface area contributed by atoms with Crippen molar-refractivity contribution in [1.82, 2.24) is 21.3 Å². The van der Waals surface area contributed by atoms with Gasteiger partial charge in [-0.2, -0.15) is 24.9 Å². The zero-order valence-electron chi connectivity index (χ0n) is 34.6. The van der Waals surface area contributed by atoms with Gasteiger partial charge in [-0.25, -0.2) is 9.59 Å². The molecule has 4 amide bonds. The molecule has 0 bridgehead atoms. The number of hydrogen-bond donors (Lipinski definition) is 8. The van der Waals surface area contributed by atoms with Crippen LogP contribution in [0.25, 0.3) is 6.08 Å². The molecule has 64 heavy (non-hydrogen) atoms. The minimum Gasteiger partial charge on any atom is -0.872 e. The Morgan fingerprint density at radius 1 is 1.00 bits per heavy atom. The quantitative estimate of drug-likeness (QED) is 0.0273. The van der Waals surface area contributed by atoms with Crippen molar-refractivity contribution in [3.8, 4) is 11.5 Å². The van der Waals surface area contributed by atoms with Gasteiger partial charge in [-0.1, -0.05) is 36.8 Å². The number of nitrogens with zero attached hydrogens (tertiary/aromatic N) is 2. The van der Waals surface area contributed by atoms with Gasteiger partial charge in [0.15, 0.2) is 0 Å². The minimum absolute atomic E-state index is 0. The van der Waals surface area contributed by atoms with Gasteiger partial charge in [0.2, 0.25) is 5.91 Å². The van der Waals surface area contributed by atoms with Crippen LogP contribution in [0, 0.1) is 0 Å². The number of rotatable bonds is 22. The zero-order chi connectivity index (χ0) is 45.3. The summed E-state index contributed by atoms with van der Waals surface area (Å²) in [6.45, 7) is -0.537. The van der Waals surface area contributed by atoms with Crippen LogP contribution in [-0.4, -0.2) is 150 Å². The number of halogens is 3. The first-order valence-corrected chi connectivity index (χ1v) is 21.2. The molecule has 8 atom stereocenters. The van der Waals surface area contributed by atoms with Crippen molar-refractivity contribution < 1.29 is 128 Å². The molecule has 2 aromatic rings. The summed E-state index contributed by atoms with van der Waals surface area (Å²) in [5.74, 6) is -2.61. The second kappa shape index (κ2) is 23.4. The van der Waals surface area contributed by atoms with Crippen LogP contribution in [-0.2, 0) is 29.5 Å². The molecule has 4 heterocycles. The number of aliphatic hydroxyl groups excluding tert-OH is 3. The van der Waals surface area contributed by atoms with E-state index in [2.05, 4.69) is 31.5 Å². The third-order valence-corrected chi connectivity index (χ3v) is 12.3. The van der Waals surface area contributed by atoms with Gasteiger partial charge in [0, 0.05) is 29.5 Å². The van der Waals surface area contributed by atoms with Crippen LogP contribution in [0.1, 0.15) is 47.2 Å². The van der Waals surface area contributed by atoms with Crippen molar-refractivity contribution in [3.63, 3.8) is 0 Å². The van der Waals surface area contributed by atoms with Crippen molar-refractivity contribution in [2.45, 2.75) is 85.3 Å². The summed E-state index contributed by atoms with van der Waals surface area (Å²) in [6.07, 6.45) is -7.90. The monoisotopic (exact) mass is 948 g/mol. The molecular formula is C40H48F3KN6O13S. The fraction of sp³-hybridized carbons (Fsp3) is 0.550. The van der Waals surface area contributed by atoms with Gasteiger partial charge in [-0.3, -0.25) is 9.59 Å². The molecule has 4 aliphatic rings. The molecule has 344 valence electrons. The van der Waals surface area contributed by atoms with Crippen molar-refractivity contribution in [2.75, 3.05) is 51.9 Å². The number of nitrogens with one attached hydrogen (secondary N) is 4. The molecule has 6 rings (SSSR count). The van der Waals surface area contributed by atoms with E-state index in [0.29, 0.717) is 18.1 Å². The smallest absolute Gasteiger partial charge is 0.872 e. The summed E-state index contributed by atoms with van der Waals surface area (Å²) < 4.78 is 64.3.